The van der Waals surface area contributed by atoms with Crippen LogP contribution >= 0.6 is 0 Å². The van der Waals surface area contributed by atoms with Crippen LogP contribution in [0.1, 0.15) is 15.9 Å². The molecule has 0 atom stereocenters. The molecule has 12 heteroatoms. The molecular weight excluding hydrogens is 422 g/mol. The first-order chi connectivity index (χ1) is 13.5. The first-order valence-electron chi connectivity index (χ1n) is 8.27. The molecule has 0 aliphatic heterocycles. The summed E-state index contributed by atoms with van der Waals surface area (Å²) in [5.74, 6) is -0.584. The van der Waals surface area contributed by atoms with Gasteiger partial charge in [0.15, 0.2) is 9.84 Å². The summed E-state index contributed by atoms with van der Waals surface area (Å²) in [6, 6.07) is 10.6. The molecule has 156 valence electrons. The molecule has 0 bridgehead atoms. The number of nitrogens with zero attached hydrogens (tertiary/aromatic N) is 1. The normalized spacial score (nSPS) is 11.8. The van der Waals surface area contributed by atoms with Crippen LogP contribution < -0.4 is 10.0 Å². The Morgan fingerprint density at radius 2 is 1.69 bits per heavy atom. The Morgan fingerprint density at radius 3 is 2.28 bits per heavy atom. The number of nitro groups is 1. The van der Waals surface area contributed by atoms with E-state index in [-0.39, 0.29) is 29.4 Å². The highest BCUT2D eigenvalue weighted by Crippen LogP contribution is 2.16. The Balaban J connectivity index is 1.89. The van der Waals surface area contributed by atoms with Crippen LogP contribution in [-0.4, -0.2) is 47.0 Å². The molecule has 2 aromatic carbocycles. The fourth-order valence-corrected chi connectivity index (χ4v) is 4.24. The minimum absolute atomic E-state index is 0.0158. The molecule has 10 nitrogen and oxygen atoms in total. The highest BCUT2D eigenvalue weighted by molar-refractivity contribution is 7.90. The van der Waals surface area contributed by atoms with E-state index in [9.17, 15) is 31.7 Å². The van der Waals surface area contributed by atoms with Crippen molar-refractivity contribution < 1.29 is 26.6 Å². The second-order valence-electron chi connectivity index (χ2n) is 6.18. The Labute approximate surface area is 168 Å². The number of hydrogen-bond donors (Lipinski definition) is 2. The van der Waals surface area contributed by atoms with Crippen LogP contribution in [0.15, 0.2) is 53.4 Å². The Kier molecular flexibility index (Phi) is 7.06. The summed E-state index contributed by atoms with van der Waals surface area (Å²) >= 11 is 0. The number of amides is 1. The van der Waals surface area contributed by atoms with Crippen LogP contribution in [0.2, 0.25) is 0 Å². The summed E-state index contributed by atoms with van der Waals surface area (Å²) in [5, 5.41) is 13.3. The van der Waals surface area contributed by atoms with Gasteiger partial charge in [0.1, 0.15) is 0 Å². The van der Waals surface area contributed by atoms with Gasteiger partial charge in [-0.25, -0.2) is 21.6 Å². The lowest BCUT2D eigenvalue weighted by molar-refractivity contribution is -0.385. The summed E-state index contributed by atoms with van der Waals surface area (Å²) in [6.07, 6.45) is 1.11. The fourth-order valence-electron chi connectivity index (χ4n) is 2.37. The second kappa shape index (κ2) is 9.11. The maximum Gasteiger partial charge on any atom is 0.270 e. The number of sulfone groups is 1. The monoisotopic (exact) mass is 441 g/mol. The number of carbonyl (C=O) groups is 1. The number of sulfonamides is 1. The van der Waals surface area contributed by atoms with E-state index < -0.39 is 30.7 Å². The third kappa shape index (κ3) is 6.93. The summed E-state index contributed by atoms with van der Waals surface area (Å²) < 4.78 is 49.1. The predicted octanol–water partition coefficient (Wildman–Crippen LogP) is 0.848. The molecule has 0 saturated heterocycles. The molecule has 0 aliphatic rings. The lowest BCUT2D eigenvalue weighted by Crippen LogP contribution is -2.34. The number of rotatable bonds is 9. The van der Waals surface area contributed by atoms with Crippen LogP contribution in [0.5, 0.6) is 0 Å². The maximum atomic E-state index is 12.2. The lowest BCUT2D eigenvalue weighted by Gasteiger charge is -2.08. The molecule has 0 saturated carbocycles. The van der Waals surface area contributed by atoms with Crippen LogP contribution in [0.4, 0.5) is 5.69 Å². The summed E-state index contributed by atoms with van der Waals surface area (Å²) in [6.45, 7) is -0.138. The smallest absolute Gasteiger partial charge is 0.270 e. The van der Waals surface area contributed by atoms with E-state index in [0.29, 0.717) is 11.1 Å². The molecule has 0 aromatic heterocycles. The Morgan fingerprint density at radius 1 is 1.03 bits per heavy atom. The van der Waals surface area contributed by atoms with Gasteiger partial charge < -0.3 is 5.32 Å². The highest BCUT2D eigenvalue weighted by atomic mass is 32.2. The molecule has 1 amide bonds. The molecule has 0 heterocycles. The average Bonchev–Trinajstić information content (AvgIpc) is 2.64. The van der Waals surface area contributed by atoms with E-state index in [4.69, 9.17) is 0 Å². The topological polar surface area (TPSA) is 153 Å². The largest absolute Gasteiger partial charge is 0.351 e. The van der Waals surface area contributed by atoms with Crippen molar-refractivity contribution in [2.24, 2.45) is 0 Å². The van der Waals surface area contributed by atoms with Crippen LogP contribution in [0.3, 0.4) is 0 Å². The molecule has 0 aliphatic carbocycles. The van der Waals surface area contributed by atoms with Gasteiger partial charge >= 0.3 is 0 Å². The van der Waals surface area contributed by atoms with E-state index in [2.05, 4.69) is 10.0 Å². The van der Waals surface area contributed by atoms with Gasteiger partial charge in [-0.15, -0.1) is 0 Å². The first-order valence-corrected chi connectivity index (χ1v) is 11.8. The number of nitrogens with one attached hydrogen (secondary N) is 2. The molecule has 0 spiro atoms. The molecule has 2 N–H and O–H groups in total. The molecule has 0 unspecified atom stereocenters. The number of carbonyl (C=O) groups excluding carboxylic acids is 1. The van der Waals surface area contributed by atoms with E-state index in [1.54, 1.807) is 0 Å². The summed E-state index contributed by atoms with van der Waals surface area (Å²) in [5.41, 5.74) is 0.498. The van der Waals surface area contributed by atoms with Crippen LogP contribution in [-0.2, 0) is 25.6 Å². The van der Waals surface area contributed by atoms with Gasteiger partial charge in [-0.3, -0.25) is 14.9 Å². The van der Waals surface area contributed by atoms with Crippen LogP contribution in [0.25, 0.3) is 0 Å². The zero-order valence-corrected chi connectivity index (χ0v) is 17.0. The van der Waals surface area contributed by atoms with Crippen molar-refractivity contribution >= 4 is 31.5 Å². The summed E-state index contributed by atoms with van der Waals surface area (Å²) in [4.78, 5) is 21.9. The maximum absolute atomic E-state index is 12.2. The third-order valence-corrected chi connectivity index (χ3v) is 6.00. The van der Waals surface area contributed by atoms with E-state index in [1.807, 2.05) is 0 Å². The molecule has 29 heavy (non-hydrogen) atoms. The van der Waals surface area contributed by atoms with Crippen molar-refractivity contribution in [3.05, 3.63) is 69.8 Å². The van der Waals surface area contributed by atoms with Crippen molar-refractivity contribution in [2.75, 3.05) is 19.3 Å². The zero-order valence-electron chi connectivity index (χ0n) is 15.4. The zero-order chi connectivity index (χ0) is 21.7. The number of hydrogen-bond acceptors (Lipinski definition) is 7. The predicted molar refractivity (Wildman–Crippen MR) is 106 cm³/mol. The molecule has 0 radical (unpaired) electrons. The van der Waals surface area contributed by atoms with E-state index in [0.717, 1.165) is 12.3 Å². The van der Waals surface area contributed by atoms with Gasteiger partial charge in [-0.1, -0.05) is 18.2 Å². The standard InChI is InChI=1S/C17H19N3O7S2/c1-28(24,25)12-13-5-7-14(8-6-13)17(21)18-9-10-19-29(26,27)16-4-2-3-15(11-16)20(22)23/h2-8,11,19H,9-10,12H2,1H3,(H,18,21). The SMILES string of the molecule is CS(=O)(=O)Cc1ccc(C(=O)NCCNS(=O)(=O)c2cccc([N+](=O)[O-])c2)cc1. The highest BCUT2D eigenvalue weighted by Gasteiger charge is 2.17. The van der Waals surface area contributed by atoms with Gasteiger partial charge in [0.05, 0.1) is 15.6 Å². The van der Waals surface area contributed by atoms with Crippen molar-refractivity contribution in [1.82, 2.24) is 10.0 Å². The molecule has 2 aromatic rings. The minimum Gasteiger partial charge on any atom is -0.351 e. The van der Waals surface area contributed by atoms with Gasteiger partial charge in [-0.05, 0) is 23.8 Å². The Hall–Kier alpha value is -2.83. The molecule has 2 rings (SSSR count). The quantitative estimate of drug-likeness (QED) is 0.332. The lowest BCUT2D eigenvalue weighted by atomic mass is 10.1. The van der Waals surface area contributed by atoms with Crippen molar-refractivity contribution in [3.8, 4) is 0 Å². The summed E-state index contributed by atoms with van der Waals surface area (Å²) in [7, 11) is -7.14. The third-order valence-electron chi connectivity index (χ3n) is 3.69. The molecule has 0 fully saturated rings. The first kappa shape index (κ1) is 22.5. The second-order valence-corrected chi connectivity index (χ2v) is 10.1. The minimum atomic E-state index is -3.96. The van der Waals surface area contributed by atoms with Gasteiger partial charge in [0.25, 0.3) is 11.6 Å². The van der Waals surface area contributed by atoms with Gasteiger partial charge in [0, 0.05) is 37.0 Å². The van der Waals surface area contributed by atoms with Crippen molar-refractivity contribution in [2.45, 2.75) is 10.6 Å². The van der Waals surface area contributed by atoms with E-state index >= 15 is 0 Å². The average molecular weight is 441 g/mol. The van der Waals surface area contributed by atoms with Crippen LogP contribution in [0, 0.1) is 10.1 Å². The number of nitro benzene ring substituents is 1. The molecular formula is C17H19N3O7S2. The number of benzene rings is 2. The van der Waals surface area contributed by atoms with Gasteiger partial charge in [0.2, 0.25) is 10.0 Å². The van der Waals surface area contributed by atoms with Gasteiger partial charge in [-0.2, -0.15) is 0 Å². The van der Waals surface area contributed by atoms with Crippen molar-refractivity contribution in [3.63, 3.8) is 0 Å². The Bertz CT molecular complexity index is 1110. The fraction of sp³-hybridized carbons (Fsp3) is 0.235. The van der Waals surface area contributed by atoms with E-state index in [1.165, 1.54) is 42.5 Å². The van der Waals surface area contributed by atoms with Crippen molar-refractivity contribution in [1.29, 1.82) is 0 Å². The number of non-ortho nitro benzene ring substituents is 1.